The Bertz CT molecular complexity index is 1020. The number of aliphatic hydroxyl groups excluding tert-OH is 1. The summed E-state index contributed by atoms with van der Waals surface area (Å²) in [5, 5.41) is 10.9. The number of benzene rings is 3. The summed E-state index contributed by atoms with van der Waals surface area (Å²) in [4.78, 5) is 0. The standard InChI is InChI=1S/C24H26O6/c1-26-19-11-16(10-18-22(13-25)30-18)9-17-23(19)20(12-21(27-2)24(17)28-3)29-14-15-7-5-4-6-8-15/h4-9,11-12,18,22,25H,10,13-14H2,1-3H3/t18-,22+/m1/s1. The SMILES string of the molecule is COc1cc(OCc2ccccc2)c2c(OC)cc(C[C@H]3O[C@H]3CO)cc2c1OC. The first-order chi connectivity index (χ1) is 14.7. The molecule has 1 aliphatic rings. The Balaban J connectivity index is 1.78. The van der Waals surface area contributed by atoms with E-state index >= 15 is 0 Å². The number of hydrogen-bond acceptors (Lipinski definition) is 6. The number of ether oxygens (including phenoxy) is 5. The lowest BCUT2D eigenvalue weighted by Gasteiger charge is -2.18. The molecule has 0 saturated carbocycles. The van der Waals surface area contributed by atoms with E-state index in [9.17, 15) is 5.11 Å². The number of methoxy groups -OCH3 is 3. The Morgan fingerprint density at radius 3 is 2.23 bits per heavy atom. The van der Waals surface area contributed by atoms with Gasteiger partial charge in [0, 0.05) is 17.9 Å². The average Bonchev–Trinajstić information content (AvgIpc) is 3.54. The van der Waals surface area contributed by atoms with Gasteiger partial charge in [-0.1, -0.05) is 30.3 Å². The summed E-state index contributed by atoms with van der Waals surface area (Å²) in [6.45, 7) is 0.453. The first-order valence-corrected chi connectivity index (χ1v) is 9.87. The van der Waals surface area contributed by atoms with Gasteiger partial charge in [0.05, 0.1) is 39.4 Å². The van der Waals surface area contributed by atoms with Crippen LogP contribution in [0.5, 0.6) is 23.0 Å². The summed E-state index contributed by atoms with van der Waals surface area (Å²) in [6, 6.07) is 15.8. The van der Waals surface area contributed by atoms with E-state index in [1.54, 1.807) is 21.3 Å². The molecule has 0 spiro atoms. The summed E-state index contributed by atoms with van der Waals surface area (Å²) >= 11 is 0. The Hall–Kier alpha value is -2.96. The zero-order chi connectivity index (χ0) is 21.1. The van der Waals surface area contributed by atoms with Crippen LogP contribution >= 0.6 is 0 Å². The maximum absolute atomic E-state index is 9.26. The fourth-order valence-corrected chi connectivity index (χ4v) is 3.74. The van der Waals surface area contributed by atoms with Crippen LogP contribution in [0.2, 0.25) is 0 Å². The zero-order valence-electron chi connectivity index (χ0n) is 17.4. The van der Waals surface area contributed by atoms with Crippen molar-refractivity contribution in [3.05, 3.63) is 59.7 Å². The molecule has 30 heavy (non-hydrogen) atoms. The quantitative estimate of drug-likeness (QED) is 0.542. The van der Waals surface area contributed by atoms with Crippen molar-refractivity contribution in [1.82, 2.24) is 0 Å². The van der Waals surface area contributed by atoms with Crippen LogP contribution in [0.1, 0.15) is 11.1 Å². The molecular formula is C24H26O6. The molecule has 3 aromatic rings. The van der Waals surface area contributed by atoms with Crippen LogP contribution in [-0.4, -0.2) is 45.3 Å². The molecule has 0 radical (unpaired) electrons. The van der Waals surface area contributed by atoms with E-state index in [-0.39, 0.29) is 18.8 Å². The maximum atomic E-state index is 9.26. The largest absolute Gasteiger partial charge is 0.496 e. The monoisotopic (exact) mass is 410 g/mol. The van der Waals surface area contributed by atoms with Crippen LogP contribution in [0.25, 0.3) is 10.8 Å². The molecule has 0 bridgehead atoms. The van der Waals surface area contributed by atoms with Crippen molar-refractivity contribution in [2.45, 2.75) is 25.2 Å². The zero-order valence-corrected chi connectivity index (χ0v) is 17.4. The van der Waals surface area contributed by atoms with Crippen LogP contribution in [0, 0.1) is 0 Å². The van der Waals surface area contributed by atoms with Gasteiger partial charge in [0.15, 0.2) is 11.5 Å². The third-order valence-corrected chi connectivity index (χ3v) is 5.32. The smallest absolute Gasteiger partial charge is 0.168 e. The fourth-order valence-electron chi connectivity index (χ4n) is 3.74. The van der Waals surface area contributed by atoms with Crippen molar-refractivity contribution in [2.24, 2.45) is 0 Å². The molecule has 6 heteroatoms. The van der Waals surface area contributed by atoms with Gasteiger partial charge in [-0.15, -0.1) is 0 Å². The highest BCUT2D eigenvalue weighted by Gasteiger charge is 2.38. The van der Waals surface area contributed by atoms with E-state index in [1.807, 2.05) is 48.5 Å². The number of fused-ring (bicyclic) bond motifs is 1. The third-order valence-electron chi connectivity index (χ3n) is 5.32. The Morgan fingerprint density at radius 1 is 0.833 bits per heavy atom. The van der Waals surface area contributed by atoms with Gasteiger partial charge in [-0.3, -0.25) is 0 Å². The van der Waals surface area contributed by atoms with E-state index in [0.29, 0.717) is 36.0 Å². The van der Waals surface area contributed by atoms with Crippen molar-refractivity contribution >= 4 is 10.8 Å². The summed E-state index contributed by atoms with van der Waals surface area (Å²) in [5.41, 5.74) is 2.10. The molecule has 0 unspecified atom stereocenters. The maximum Gasteiger partial charge on any atom is 0.168 e. The van der Waals surface area contributed by atoms with Crippen LogP contribution < -0.4 is 18.9 Å². The lowest BCUT2D eigenvalue weighted by molar-refractivity contribution is 0.242. The van der Waals surface area contributed by atoms with E-state index in [4.69, 9.17) is 23.7 Å². The molecule has 1 N–H and O–H groups in total. The molecular weight excluding hydrogens is 384 g/mol. The molecule has 1 aliphatic heterocycles. The van der Waals surface area contributed by atoms with Crippen LogP contribution in [0.4, 0.5) is 0 Å². The van der Waals surface area contributed by atoms with E-state index in [0.717, 1.165) is 21.9 Å². The second-order valence-electron chi connectivity index (χ2n) is 7.20. The minimum atomic E-state index is -0.0938. The summed E-state index contributed by atoms with van der Waals surface area (Å²) in [5.74, 6) is 2.55. The lowest BCUT2D eigenvalue weighted by atomic mass is 10.00. The normalized spacial score (nSPS) is 17.6. The van der Waals surface area contributed by atoms with Gasteiger partial charge >= 0.3 is 0 Å². The van der Waals surface area contributed by atoms with Gasteiger partial charge in [-0.25, -0.2) is 0 Å². The van der Waals surface area contributed by atoms with E-state index in [1.165, 1.54) is 0 Å². The number of epoxide rings is 1. The molecule has 0 amide bonds. The van der Waals surface area contributed by atoms with Gasteiger partial charge in [0.25, 0.3) is 0 Å². The number of hydrogen-bond donors (Lipinski definition) is 1. The van der Waals surface area contributed by atoms with Crippen molar-refractivity contribution in [3.63, 3.8) is 0 Å². The first-order valence-electron chi connectivity index (χ1n) is 9.87. The minimum Gasteiger partial charge on any atom is -0.496 e. The van der Waals surface area contributed by atoms with Gasteiger partial charge in [0.2, 0.25) is 0 Å². The minimum absolute atomic E-state index is 0.0163. The highest BCUT2D eigenvalue weighted by molar-refractivity contribution is 6.00. The predicted octanol–water partition coefficient (Wildman–Crippen LogP) is 3.75. The molecule has 6 nitrogen and oxygen atoms in total. The van der Waals surface area contributed by atoms with Crippen LogP contribution in [0.15, 0.2) is 48.5 Å². The molecule has 3 aromatic carbocycles. The van der Waals surface area contributed by atoms with Crippen molar-refractivity contribution < 1.29 is 28.8 Å². The van der Waals surface area contributed by atoms with Gasteiger partial charge in [0.1, 0.15) is 24.2 Å². The van der Waals surface area contributed by atoms with Gasteiger partial charge in [-0.05, 0) is 23.3 Å². The highest BCUT2D eigenvalue weighted by atomic mass is 16.6. The third kappa shape index (κ3) is 4.01. The molecule has 0 aromatic heterocycles. The average molecular weight is 410 g/mol. The molecule has 2 atom stereocenters. The first kappa shape index (κ1) is 20.3. The molecule has 0 aliphatic carbocycles. The lowest BCUT2D eigenvalue weighted by Crippen LogP contribution is -2.04. The van der Waals surface area contributed by atoms with Crippen LogP contribution in [0.3, 0.4) is 0 Å². The summed E-state index contributed by atoms with van der Waals surface area (Å²) < 4.78 is 28.7. The Kier molecular flexibility index (Phi) is 5.97. The topological polar surface area (TPSA) is 69.7 Å². The molecule has 158 valence electrons. The van der Waals surface area contributed by atoms with Gasteiger partial charge in [-0.2, -0.15) is 0 Å². The highest BCUT2D eigenvalue weighted by Crippen LogP contribution is 2.46. The van der Waals surface area contributed by atoms with E-state index in [2.05, 4.69) is 0 Å². The van der Waals surface area contributed by atoms with E-state index < -0.39 is 0 Å². The molecule has 1 heterocycles. The Morgan fingerprint density at radius 2 is 1.60 bits per heavy atom. The summed E-state index contributed by atoms with van der Waals surface area (Å²) in [6.07, 6.45) is 0.601. The second kappa shape index (κ2) is 8.81. The molecule has 4 rings (SSSR count). The number of rotatable bonds is 9. The van der Waals surface area contributed by atoms with Crippen molar-refractivity contribution in [1.29, 1.82) is 0 Å². The van der Waals surface area contributed by atoms with Crippen molar-refractivity contribution in [3.8, 4) is 23.0 Å². The van der Waals surface area contributed by atoms with Crippen LogP contribution in [-0.2, 0) is 17.8 Å². The summed E-state index contributed by atoms with van der Waals surface area (Å²) in [7, 11) is 4.86. The number of aliphatic hydroxyl groups is 1. The molecule has 1 fully saturated rings. The van der Waals surface area contributed by atoms with Crippen molar-refractivity contribution in [2.75, 3.05) is 27.9 Å². The van der Waals surface area contributed by atoms with Gasteiger partial charge < -0.3 is 28.8 Å². The predicted molar refractivity (Wildman–Crippen MR) is 114 cm³/mol. The second-order valence-corrected chi connectivity index (χ2v) is 7.20. The molecule has 1 saturated heterocycles. The fraction of sp³-hybridized carbons (Fsp3) is 0.333. The Labute approximate surface area is 175 Å².